The van der Waals surface area contributed by atoms with Crippen LogP contribution in [0.4, 0.5) is 0 Å². The summed E-state index contributed by atoms with van der Waals surface area (Å²) in [6.45, 7) is 4.34. The fourth-order valence-electron chi connectivity index (χ4n) is 3.81. The molecule has 1 saturated carbocycles. The highest BCUT2D eigenvalue weighted by atomic mass is 17.2. The van der Waals surface area contributed by atoms with E-state index >= 15 is 0 Å². The Morgan fingerprint density at radius 1 is 0.968 bits per heavy atom. The number of nitrogens with zero attached hydrogens (tertiary/aromatic N) is 1. The lowest BCUT2D eigenvalue weighted by Crippen LogP contribution is -2.45. The molecule has 2 unspecified atom stereocenters. The Hall–Kier alpha value is -2.83. The smallest absolute Gasteiger partial charge is 0.316 e. The number of ether oxygens (including phenoxy) is 1. The predicted molar refractivity (Wildman–Crippen MR) is 118 cm³/mol. The lowest BCUT2D eigenvalue weighted by Gasteiger charge is -2.36. The van der Waals surface area contributed by atoms with Crippen LogP contribution in [0.25, 0.3) is 0 Å². The summed E-state index contributed by atoms with van der Waals surface area (Å²) in [6.07, 6.45) is 0.929. The molecule has 0 aliphatic heterocycles. The normalized spacial score (nSPS) is 20.8. The Labute approximate surface area is 183 Å². The number of hydrogen-bond donors (Lipinski definition) is 0. The molecular weight excluding hydrogens is 394 g/mol. The lowest BCUT2D eigenvalue weighted by molar-refractivity contribution is -0.300. The lowest BCUT2D eigenvalue weighted by atomic mass is 9.75. The minimum Gasteiger partial charge on any atom is -0.465 e. The van der Waals surface area contributed by atoms with Crippen LogP contribution in [0.5, 0.6) is 0 Å². The minimum absolute atomic E-state index is 0.110. The first kappa shape index (κ1) is 22.8. The number of carbonyl (C=O) groups excluding carboxylic acids is 2. The van der Waals surface area contributed by atoms with Crippen LogP contribution in [0.1, 0.15) is 44.2 Å². The van der Waals surface area contributed by atoms with Crippen LogP contribution in [-0.4, -0.2) is 42.8 Å². The van der Waals surface area contributed by atoms with Gasteiger partial charge in [-0.25, -0.2) is 9.78 Å². The van der Waals surface area contributed by atoms with Gasteiger partial charge in [-0.3, -0.25) is 14.6 Å². The molecule has 0 N–H and O–H groups in total. The zero-order valence-corrected chi connectivity index (χ0v) is 18.1. The summed E-state index contributed by atoms with van der Waals surface area (Å²) in [6, 6.07) is 19.8. The number of esters is 1. The first-order chi connectivity index (χ1) is 15.1. The molecule has 1 fully saturated rings. The number of benzene rings is 2. The molecule has 3 rings (SSSR count). The molecule has 2 atom stereocenters. The molecule has 6 nitrogen and oxygen atoms in total. The Bertz CT molecular complexity index is 855. The van der Waals surface area contributed by atoms with Crippen molar-refractivity contribution in [3.63, 3.8) is 0 Å². The molecule has 0 spiro atoms. The molecule has 0 radical (unpaired) electrons. The summed E-state index contributed by atoms with van der Waals surface area (Å²) < 4.78 is 5.16. The Kier molecular flexibility index (Phi) is 8.09. The number of carbonyl (C=O) groups is 2. The van der Waals surface area contributed by atoms with Crippen molar-refractivity contribution in [2.75, 3.05) is 19.8 Å². The summed E-state index contributed by atoms with van der Waals surface area (Å²) >= 11 is 0. The molecule has 0 saturated heterocycles. The van der Waals surface area contributed by atoms with E-state index in [2.05, 4.69) is 0 Å². The molecule has 0 aromatic heterocycles. The summed E-state index contributed by atoms with van der Waals surface area (Å²) in [4.78, 5) is 40.8. The van der Waals surface area contributed by atoms with Gasteiger partial charge in [-0.15, -0.1) is 0 Å². The van der Waals surface area contributed by atoms with Gasteiger partial charge in [-0.2, -0.15) is 0 Å². The number of ketones is 1. The number of Topliss-reactive ketones (excluding diaryl/α,β-unsaturated/α-hetero) is 1. The van der Waals surface area contributed by atoms with Crippen molar-refractivity contribution in [2.45, 2.75) is 38.6 Å². The van der Waals surface area contributed by atoms with Gasteiger partial charge in [0.05, 0.1) is 24.5 Å². The summed E-state index contributed by atoms with van der Waals surface area (Å²) in [5.41, 5.74) is 1.91. The van der Waals surface area contributed by atoms with Crippen LogP contribution in [-0.2, 0) is 24.1 Å². The summed E-state index contributed by atoms with van der Waals surface area (Å²) in [5.74, 6) is -1.46. The van der Waals surface area contributed by atoms with E-state index < -0.39 is 17.4 Å². The maximum absolute atomic E-state index is 12.5. The fraction of sp³-hybridized carbons (Fsp3) is 0.400. The van der Waals surface area contributed by atoms with Gasteiger partial charge < -0.3 is 4.74 Å². The molecule has 6 heteroatoms. The van der Waals surface area contributed by atoms with Crippen molar-refractivity contribution in [2.24, 2.45) is 10.9 Å². The van der Waals surface area contributed by atoms with Crippen LogP contribution < -0.4 is 0 Å². The van der Waals surface area contributed by atoms with Crippen molar-refractivity contribution in [1.82, 2.24) is 0 Å². The molecule has 2 aromatic carbocycles. The van der Waals surface area contributed by atoms with Gasteiger partial charge in [-0.05, 0) is 26.7 Å². The average Bonchev–Trinajstić information content (AvgIpc) is 2.80. The number of aliphatic imine (C=N–C) groups is 1. The molecule has 31 heavy (non-hydrogen) atoms. The second kappa shape index (κ2) is 11.0. The molecule has 1 aliphatic rings. The van der Waals surface area contributed by atoms with Gasteiger partial charge in [0, 0.05) is 17.5 Å². The number of rotatable bonds is 9. The minimum atomic E-state index is -0.851. The molecular formula is C25H29NO5. The zero-order valence-electron chi connectivity index (χ0n) is 18.1. The predicted octanol–water partition coefficient (Wildman–Crippen LogP) is 4.16. The fourth-order valence-corrected chi connectivity index (χ4v) is 3.81. The molecule has 1 aliphatic carbocycles. The van der Waals surface area contributed by atoms with Gasteiger partial charge in [0.15, 0.2) is 0 Å². The van der Waals surface area contributed by atoms with E-state index in [0.717, 1.165) is 16.8 Å². The van der Waals surface area contributed by atoms with Crippen molar-refractivity contribution < 1.29 is 24.1 Å². The maximum atomic E-state index is 12.5. The largest absolute Gasteiger partial charge is 0.465 e. The average molecular weight is 424 g/mol. The highest BCUT2D eigenvalue weighted by Gasteiger charge is 2.45. The van der Waals surface area contributed by atoms with Crippen molar-refractivity contribution in [3.8, 4) is 0 Å². The third kappa shape index (κ3) is 5.87. The summed E-state index contributed by atoms with van der Waals surface area (Å²) in [7, 11) is 0. The first-order valence-corrected chi connectivity index (χ1v) is 10.7. The van der Waals surface area contributed by atoms with E-state index in [1.165, 1.54) is 0 Å². The van der Waals surface area contributed by atoms with Gasteiger partial charge in [0.25, 0.3) is 0 Å². The molecule has 0 heterocycles. The Morgan fingerprint density at radius 3 is 2.13 bits per heavy atom. The van der Waals surface area contributed by atoms with Crippen molar-refractivity contribution in [1.29, 1.82) is 0 Å². The number of hydrogen-bond acceptors (Lipinski definition) is 6. The van der Waals surface area contributed by atoms with Gasteiger partial charge in [0.1, 0.15) is 18.3 Å². The topological polar surface area (TPSA) is 74.2 Å². The van der Waals surface area contributed by atoms with Crippen LogP contribution in [0, 0.1) is 5.92 Å². The van der Waals surface area contributed by atoms with Gasteiger partial charge in [-0.1, -0.05) is 60.7 Å². The van der Waals surface area contributed by atoms with E-state index in [4.69, 9.17) is 19.5 Å². The maximum Gasteiger partial charge on any atom is 0.316 e. The molecule has 0 amide bonds. The SMILES string of the molecule is CCOOCC1(N=C(c2ccccc2)c2ccccc2)CCC(=O)C(C(=O)OCC)C1. The van der Waals surface area contributed by atoms with Crippen LogP contribution in [0.2, 0.25) is 0 Å². The van der Waals surface area contributed by atoms with E-state index in [9.17, 15) is 9.59 Å². The first-order valence-electron chi connectivity index (χ1n) is 10.7. The van der Waals surface area contributed by atoms with E-state index in [0.29, 0.717) is 13.0 Å². The van der Waals surface area contributed by atoms with Crippen LogP contribution >= 0.6 is 0 Å². The third-order valence-electron chi connectivity index (χ3n) is 5.35. The molecule has 164 valence electrons. The molecule has 2 aromatic rings. The highest BCUT2D eigenvalue weighted by Crippen LogP contribution is 2.36. The van der Waals surface area contributed by atoms with E-state index in [1.807, 2.05) is 67.6 Å². The second-order valence-electron chi connectivity index (χ2n) is 7.56. The van der Waals surface area contributed by atoms with E-state index in [1.54, 1.807) is 6.92 Å². The zero-order chi connectivity index (χ0) is 22.1. The van der Waals surface area contributed by atoms with Crippen LogP contribution in [0.15, 0.2) is 65.7 Å². The summed E-state index contributed by atoms with van der Waals surface area (Å²) in [5, 5.41) is 0. The van der Waals surface area contributed by atoms with E-state index in [-0.39, 0.29) is 31.8 Å². The quantitative estimate of drug-likeness (QED) is 0.151. The van der Waals surface area contributed by atoms with Gasteiger partial charge in [0.2, 0.25) is 0 Å². The molecule has 0 bridgehead atoms. The monoisotopic (exact) mass is 423 g/mol. The standard InChI is InChI=1S/C25H29NO5/c1-3-29-24(28)21-17-25(16-15-22(21)27,18-31-30-4-2)26-23(19-11-7-5-8-12-19)20-13-9-6-10-14-20/h5-14,21H,3-4,15-18H2,1-2H3. The highest BCUT2D eigenvalue weighted by molar-refractivity contribution is 6.13. The Balaban J connectivity index is 2.05. The second-order valence-corrected chi connectivity index (χ2v) is 7.56. The third-order valence-corrected chi connectivity index (χ3v) is 5.35. The van der Waals surface area contributed by atoms with Crippen molar-refractivity contribution >= 4 is 17.5 Å². The van der Waals surface area contributed by atoms with Gasteiger partial charge >= 0.3 is 5.97 Å². The Morgan fingerprint density at radius 2 is 1.58 bits per heavy atom. The van der Waals surface area contributed by atoms with Crippen molar-refractivity contribution in [3.05, 3.63) is 71.8 Å². The van der Waals surface area contributed by atoms with Crippen LogP contribution in [0.3, 0.4) is 0 Å².